The number of hydrogen-bond acceptors (Lipinski definition) is 3. The molecule has 2 unspecified atom stereocenters. The van der Waals surface area contributed by atoms with Gasteiger partial charge in [0.05, 0.1) is 11.0 Å². The zero-order valence-corrected chi connectivity index (χ0v) is 11.8. The Hall–Kier alpha value is -0.870. The lowest BCUT2D eigenvalue weighted by atomic mass is 9.96. The van der Waals surface area contributed by atoms with Crippen molar-refractivity contribution in [2.45, 2.75) is 31.6 Å². The van der Waals surface area contributed by atoms with Gasteiger partial charge in [0.15, 0.2) is 9.84 Å². The molecule has 1 aromatic carbocycles. The van der Waals surface area contributed by atoms with Crippen LogP contribution in [-0.2, 0) is 9.84 Å². The summed E-state index contributed by atoms with van der Waals surface area (Å²) in [5, 5.41) is 3.07. The van der Waals surface area contributed by atoms with Crippen LogP contribution in [0.3, 0.4) is 0 Å². The molecule has 1 aromatic rings. The average Bonchev–Trinajstić information content (AvgIpc) is 2.48. The van der Waals surface area contributed by atoms with Crippen LogP contribution in [0.15, 0.2) is 30.3 Å². The molecule has 1 N–H and O–H groups in total. The molecule has 0 aromatic heterocycles. The largest absolute Gasteiger partial charge is 0.309 e. The number of sulfone groups is 1. The Morgan fingerprint density at radius 3 is 2.50 bits per heavy atom. The molecule has 2 atom stereocenters. The lowest BCUT2D eigenvalue weighted by Gasteiger charge is -2.28. The van der Waals surface area contributed by atoms with Crippen LogP contribution in [0.5, 0.6) is 0 Å². The summed E-state index contributed by atoms with van der Waals surface area (Å²) >= 11 is 0. The highest BCUT2D eigenvalue weighted by molar-refractivity contribution is 7.92. The molecule has 1 aliphatic rings. The van der Waals surface area contributed by atoms with E-state index in [1.807, 2.05) is 44.2 Å². The van der Waals surface area contributed by atoms with Gasteiger partial charge in [-0.1, -0.05) is 44.2 Å². The van der Waals surface area contributed by atoms with Crippen LogP contribution in [0.2, 0.25) is 0 Å². The first kappa shape index (κ1) is 13.6. The van der Waals surface area contributed by atoms with Gasteiger partial charge >= 0.3 is 0 Å². The van der Waals surface area contributed by atoms with E-state index in [0.29, 0.717) is 12.2 Å². The van der Waals surface area contributed by atoms with Gasteiger partial charge in [-0.15, -0.1) is 0 Å². The SMILES string of the molecule is CC(C)C1C(c2ccccc2)NCCCS1(=O)=O. The Morgan fingerprint density at radius 1 is 1.22 bits per heavy atom. The summed E-state index contributed by atoms with van der Waals surface area (Å²) < 4.78 is 24.8. The molecule has 100 valence electrons. The summed E-state index contributed by atoms with van der Waals surface area (Å²) in [4.78, 5) is 0. The maximum atomic E-state index is 12.4. The molecule has 0 aliphatic carbocycles. The minimum Gasteiger partial charge on any atom is -0.309 e. The molecule has 0 saturated carbocycles. The summed E-state index contributed by atoms with van der Waals surface area (Å²) in [7, 11) is -3.02. The van der Waals surface area contributed by atoms with Gasteiger partial charge in [-0.3, -0.25) is 0 Å². The fraction of sp³-hybridized carbons (Fsp3) is 0.571. The van der Waals surface area contributed by atoms with Gasteiger partial charge in [0.25, 0.3) is 0 Å². The number of benzene rings is 1. The van der Waals surface area contributed by atoms with Crippen molar-refractivity contribution in [3.63, 3.8) is 0 Å². The van der Waals surface area contributed by atoms with Crippen LogP contribution >= 0.6 is 0 Å². The van der Waals surface area contributed by atoms with E-state index in [1.54, 1.807) is 0 Å². The first-order valence-corrected chi connectivity index (χ1v) is 8.24. The Kier molecular flexibility index (Phi) is 4.07. The van der Waals surface area contributed by atoms with Crippen molar-refractivity contribution in [2.75, 3.05) is 12.3 Å². The van der Waals surface area contributed by atoms with Crippen molar-refractivity contribution in [3.05, 3.63) is 35.9 Å². The van der Waals surface area contributed by atoms with E-state index in [9.17, 15) is 8.42 Å². The number of hydrogen-bond donors (Lipinski definition) is 1. The van der Waals surface area contributed by atoms with Gasteiger partial charge < -0.3 is 5.32 Å². The summed E-state index contributed by atoms with van der Waals surface area (Å²) in [6, 6.07) is 9.82. The topological polar surface area (TPSA) is 46.2 Å². The third kappa shape index (κ3) is 2.75. The van der Waals surface area contributed by atoms with Crippen molar-refractivity contribution < 1.29 is 8.42 Å². The normalized spacial score (nSPS) is 27.9. The van der Waals surface area contributed by atoms with Crippen LogP contribution in [0.25, 0.3) is 0 Å². The summed E-state index contributed by atoms with van der Waals surface area (Å²) in [6.45, 7) is 4.75. The molecular weight excluding hydrogens is 246 g/mol. The molecule has 1 saturated heterocycles. The minimum absolute atomic E-state index is 0.0845. The molecule has 0 amide bonds. The third-order valence-electron chi connectivity index (χ3n) is 3.53. The van der Waals surface area contributed by atoms with Gasteiger partial charge in [-0.25, -0.2) is 8.42 Å². The van der Waals surface area contributed by atoms with Crippen molar-refractivity contribution in [1.29, 1.82) is 0 Å². The Labute approximate surface area is 110 Å². The number of rotatable bonds is 2. The van der Waals surface area contributed by atoms with Crippen LogP contribution in [0, 0.1) is 5.92 Å². The van der Waals surface area contributed by atoms with E-state index >= 15 is 0 Å². The van der Waals surface area contributed by atoms with Crippen molar-refractivity contribution >= 4 is 9.84 Å². The summed E-state index contributed by atoms with van der Waals surface area (Å²) in [5.41, 5.74) is 1.07. The fourth-order valence-corrected chi connectivity index (χ4v) is 5.07. The average molecular weight is 267 g/mol. The molecule has 1 aliphatic heterocycles. The van der Waals surface area contributed by atoms with E-state index in [-0.39, 0.29) is 17.2 Å². The van der Waals surface area contributed by atoms with E-state index in [0.717, 1.165) is 12.1 Å². The standard InChI is InChI=1S/C14H21NO2S/c1-11(2)14-13(12-7-4-3-5-8-12)15-9-6-10-18(14,16)17/h3-5,7-8,11,13-15H,6,9-10H2,1-2H3. The van der Waals surface area contributed by atoms with E-state index in [1.165, 1.54) is 0 Å². The zero-order chi connectivity index (χ0) is 13.2. The van der Waals surface area contributed by atoms with Crippen LogP contribution < -0.4 is 5.32 Å². The van der Waals surface area contributed by atoms with E-state index in [4.69, 9.17) is 0 Å². The monoisotopic (exact) mass is 267 g/mol. The smallest absolute Gasteiger partial charge is 0.155 e. The summed E-state index contributed by atoms with van der Waals surface area (Å²) in [5.74, 6) is 0.414. The zero-order valence-electron chi connectivity index (χ0n) is 11.0. The Balaban J connectivity index is 2.42. The molecule has 0 radical (unpaired) electrons. The van der Waals surface area contributed by atoms with Gasteiger partial charge in [-0.05, 0) is 24.4 Å². The van der Waals surface area contributed by atoms with Crippen molar-refractivity contribution in [1.82, 2.24) is 5.32 Å². The molecule has 18 heavy (non-hydrogen) atoms. The van der Waals surface area contributed by atoms with Gasteiger partial charge in [0, 0.05) is 6.04 Å². The molecule has 0 bridgehead atoms. The maximum Gasteiger partial charge on any atom is 0.155 e. The number of nitrogens with one attached hydrogen (secondary N) is 1. The Bertz CT molecular complexity index is 482. The van der Waals surface area contributed by atoms with E-state index < -0.39 is 9.84 Å². The molecule has 4 heteroatoms. The van der Waals surface area contributed by atoms with Crippen LogP contribution in [-0.4, -0.2) is 26.0 Å². The van der Waals surface area contributed by atoms with Gasteiger partial charge in [0.2, 0.25) is 0 Å². The van der Waals surface area contributed by atoms with Crippen molar-refractivity contribution in [3.8, 4) is 0 Å². The van der Waals surface area contributed by atoms with Crippen LogP contribution in [0.4, 0.5) is 0 Å². The maximum absolute atomic E-state index is 12.4. The summed E-state index contributed by atoms with van der Waals surface area (Å²) in [6.07, 6.45) is 0.703. The molecule has 0 spiro atoms. The predicted molar refractivity (Wildman–Crippen MR) is 74.2 cm³/mol. The fourth-order valence-electron chi connectivity index (χ4n) is 2.76. The third-order valence-corrected chi connectivity index (χ3v) is 6.03. The first-order valence-electron chi connectivity index (χ1n) is 6.52. The van der Waals surface area contributed by atoms with Crippen LogP contribution in [0.1, 0.15) is 31.9 Å². The van der Waals surface area contributed by atoms with Gasteiger partial charge in [0.1, 0.15) is 0 Å². The highest BCUT2D eigenvalue weighted by Crippen LogP contribution is 2.30. The Morgan fingerprint density at radius 2 is 1.89 bits per heavy atom. The van der Waals surface area contributed by atoms with E-state index in [2.05, 4.69) is 5.32 Å². The predicted octanol–water partition coefficient (Wildman–Crippen LogP) is 2.16. The minimum atomic E-state index is -3.02. The first-order chi connectivity index (χ1) is 8.52. The highest BCUT2D eigenvalue weighted by atomic mass is 32.2. The molecule has 3 nitrogen and oxygen atoms in total. The molecule has 2 rings (SSSR count). The molecular formula is C14H21NO2S. The highest BCUT2D eigenvalue weighted by Gasteiger charge is 2.37. The lowest BCUT2D eigenvalue weighted by molar-refractivity contribution is 0.434. The second-order valence-corrected chi connectivity index (χ2v) is 7.55. The second kappa shape index (κ2) is 5.41. The molecule has 1 fully saturated rings. The second-order valence-electron chi connectivity index (χ2n) is 5.27. The van der Waals surface area contributed by atoms with Crippen molar-refractivity contribution in [2.24, 2.45) is 5.92 Å². The van der Waals surface area contributed by atoms with Gasteiger partial charge in [-0.2, -0.15) is 0 Å². The quantitative estimate of drug-likeness (QED) is 0.893. The lowest BCUT2D eigenvalue weighted by Crippen LogP contribution is -2.38. The molecule has 1 heterocycles.